The molecule has 0 bridgehead atoms. The lowest BCUT2D eigenvalue weighted by atomic mass is 9.63. The van der Waals surface area contributed by atoms with E-state index in [1.807, 2.05) is 0 Å². The van der Waals surface area contributed by atoms with E-state index < -0.39 is 0 Å². The molecule has 98 valence electrons. The van der Waals surface area contributed by atoms with Crippen LogP contribution < -0.4 is 0 Å². The fourth-order valence-electron chi connectivity index (χ4n) is 4.44. The van der Waals surface area contributed by atoms with Gasteiger partial charge in [-0.05, 0) is 43.6 Å². The van der Waals surface area contributed by atoms with Gasteiger partial charge >= 0.3 is 0 Å². The van der Waals surface area contributed by atoms with Crippen LogP contribution in [0.2, 0.25) is 0 Å². The third-order valence-corrected chi connectivity index (χ3v) is 4.58. The van der Waals surface area contributed by atoms with Gasteiger partial charge in [0, 0.05) is 13.0 Å². The van der Waals surface area contributed by atoms with Crippen molar-refractivity contribution in [2.75, 3.05) is 13.1 Å². The molecule has 2 nitrogen and oxygen atoms in total. The highest BCUT2D eigenvalue weighted by Gasteiger charge is 2.53. The summed E-state index contributed by atoms with van der Waals surface area (Å²) >= 11 is 0. The van der Waals surface area contributed by atoms with Gasteiger partial charge in [-0.15, -0.1) is 0 Å². The van der Waals surface area contributed by atoms with Gasteiger partial charge in [0.1, 0.15) is 0 Å². The first-order valence-corrected chi connectivity index (χ1v) is 7.18. The van der Waals surface area contributed by atoms with Gasteiger partial charge < -0.3 is 0 Å². The summed E-state index contributed by atoms with van der Waals surface area (Å²) in [7, 11) is 0. The fourth-order valence-corrected chi connectivity index (χ4v) is 4.44. The molecule has 0 amide bonds. The monoisotopic (exact) mass is 237 g/mol. The molecule has 2 fully saturated rings. The number of hydrogen-bond acceptors (Lipinski definition) is 2. The molecule has 0 aromatic heterocycles. The van der Waals surface area contributed by atoms with Gasteiger partial charge in [-0.25, -0.2) is 0 Å². The number of carbonyl (C=O) groups is 1. The SMILES string of the molecule is CCCN1CCC(=O)C12CC(C)CC(C)(C)C2. The Morgan fingerprint density at radius 3 is 2.65 bits per heavy atom. The van der Waals surface area contributed by atoms with Crippen molar-refractivity contribution in [3.63, 3.8) is 0 Å². The number of carbonyl (C=O) groups excluding carboxylic acids is 1. The van der Waals surface area contributed by atoms with Gasteiger partial charge in [-0.3, -0.25) is 9.69 Å². The Bertz CT molecular complexity index is 310. The molecule has 2 rings (SSSR count). The molecule has 1 aliphatic carbocycles. The summed E-state index contributed by atoms with van der Waals surface area (Å²) in [6.45, 7) is 11.3. The number of nitrogens with zero attached hydrogens (tertiary/aromatic N) is 1. The number of hydrogen-bond donors (Lipinski definition) is 0. The number of ketones is 1. The summed E-state index contributed by atoms with van der Waals surface area (Å²) in [5, 5.41) is 0. The maximum Gasteiger partial charge on any atom is 0.154 e. The molecule has 0 radical (unpaired) electrons. The van der Waals surface area contributed by atoms with Crippen LogP contribution in [-0.4, -0.2) is 29.3 Å². The first-order valence-electron chi connectivity index (χ1n) is 7.18. The molecule has 2 aliphatic rings. The standard InChI is InChI=1S/C15H27NO/c1-5-7-16-8-6-13(17)15(16)10-12(2)9-14(3,4)11-15/h12H,5-11H2,1-4H3. The zero-order chi connectivity index (χ0) is 12.7. The minimum Gasteiger partial charge on any atom is -0.298 e. The molecule has 1 saturated carbocycles. The van der Waals surface area contributed by atoms with E-state index in [2.05, 4.69) is 32.6 Å². The number of Topliss-reactive ketones (excluding diaryl/α,β-unsaturated/α-hetero) is 1. The highest BCUT2D eigenvalue weighted by Crippen LogP contribution is 2.49. The Morgan fingerprint density at radius 2 is 2.06 bits per heavy atom. The zero-order valence-corrected chi connectivity index (χ0v) is 11.9. The van der Waals surface area contributed by atoms with Crippen LogP contribution >= 0.6 is 0 Å². The lowest BCUT2D eigenvalue weighted by molar-refractivity contribution is -0.130. The van der Waals surface area contributed by atoms with E-state index in [0.29, 0.717) is 17.1 Å². The Labute approximate surface area is 106 Å². The molecule has 2 atom stereocenters. The third kappa shape index (κ3) is 2.29. The van der Waals surface area contributed by atoms with Crippen molar-refractivity contribution in [3.8, 4) is 0 Å². The van der Waals surface area contributed by atoms with E-state index in [0.717, 1.165) is 38.8 Å². The number of rotatable bonds is 2. The molecule has 1 saturated heterocycles. The summed E-state index contributed by atoms with van der Waals surface area (Å²) in [5.74, 6) is 1.20. The van der Waals surface area contributed by atoms with Gasteiger partial charge in [0.2, 0.25) is 0 Å². The van der Waals surface area contributed by atoms with E-state index >= 15 is 0 Å². The molecule has 1 spiro atoms. The van der Waals surface area contributed by atoms with Crippen molar-refractivity contribution in [1.29, 1.82) is 0 Å². The summed E-state index contributed by atoms with van der Waals surface area (Å²) in [4.78, 5) is 14.9. The average molecular weight is 237 g/mol. The van der Waals surface area contributed by atoms with Crippen LogP contribution in [0.1, 0.15) is 59.8 Å². The molecule has 0 N–H and O–H groups in total. The molecular formula is C15H27NO. The van der Waals surface area contributed by atoms with Crippen molar-refractivity contribution < 1.29 is 4.79 Å². The Hall–Kier alpha value is -0.370. The highest BCUT2D eigenvalue weighted by molar-refractivity contribution is 5.90. The van der Waals surface area contributed by atoms with Crippen LogP contribution in [0.15, 0.2) is 0 Å². The maximum absolute atomic E-state index is 12.4. The summed E-state index contributed by atoms with van der Waals surface area (Å²) in [6, 6.07) is 0. The Balaban J connectivity index is 2.27. The fraction of sp³-hybridized carbons (Fsp3) is 0.933. The van der Waals surface area contributed by atoms with Crippen molar-refractivity contribution in [2.45, 2.75) is 65.3 Å². The lowest BCUT2D eigenvalue weighted by Gasteiger charge is -2.49. The number of likely N-dealkylation sites (tertiary alicyclic amines) is 1. The molecule has 2 heteroatoms. The minimum absolute atomic E-state index is 0.100. The average Bonchev–Trinajstić information content (AvgIpc) is 2.44. The molecule has 17 heavy (non-hydrogen) atoms. The first kappa shape index (κ1) is 13.1. The van der Waals surface area contributed by atoms with E-state index in [-0.39, 0.29) is 5.54 Å². The van der Waals surface area contributed by atoms with Crippen molar-refractivity contribution in [1.82, 2.24) is 4.90 Å². The molecular weight excluding hydrogens is 210 g/mol. The predicted octanol–water partition coefficient (Wildman–Crippen LogP) is 3.26. The van der Waals surface area contributed by atoms with Crippen LogP contribution in [0.25, 0.3) is 0 Å². The van der Waals surface area contributed by atoms with E-state index in [1.54, 1.807) is 0 Å². The Kier molecular flexibility index (Phi) is 3.37. The summed E-state index contributed by atoms with van der Waals surface area (Å²) in [5.41, 5.74) is 0.223. The predicted molar refractivity (Wildman–Crippen MR) is 71.0 cm³/mol. The highest BCUT2D eigenvalue weighted by atomic mass is 16.1. The third-order valence-electron chi connectivity index (χ3n) is 4.58. The summed E-state index contributed by atoms with van der Waals surface area (Å²) < 4.78 is 0. The second-order valence-electron chi connectivity index (χ2n) is 7.05. The summed E-state index contributed by atoms with van der Waals surface area (Å²) in [6.07, 6.45) is 5.37. The maximum atomic E-state index is 12.4. The molecule has 0 aromatic carbocycles. The minimum atomic E-state index is -0.100. The van der Waals surface area contributed by atoms with Crippen molar-refractivity contribution in [3.05, 3.63) is 0 Å². The van der Waals surface area contributed by atoms with Crippen LogP contribution in [0.3, 0.4) is 0 Å². The topological polar surface area (TPSA) is 20.3 Å². The van der Waals surface area contributed by atoms with E-state index in [9.17, 15) is 4.79 Å². The van der Waals surface area contributed by atoms with Crippen molar-refractivity contribution >= 4 is 5.78 Å². The van der Waals surface area contributed by atoms with Gasteiger partial charge in [-0.2, -0.15) is 0 Å². The molecule has 0 aromatic rings. The zero-order valence-electron chi connectivity index (χ0n) is 11.9. The van der Waals surface area contributed by atoms with E-state index in [1.165, 1.54) is 6.42 Å². The second kappa shape index (κ2) is 4.38. The lowest BCUT2D eigenvalue weighted by Crippen LogP contribution is -2.55. The van der Waals surface area contributed by atoms with Gasteiger partial charge in [0.25, 0.3) is 0 Å². The second-order valence-corrected chi connectivity index (χ2v) is 7.05. The molecule has 1 aliphatic heterocycles. The molecule has 2 unspecified atom stereocenters. The van der Waals surface area contributed by atoms with E-state index in [4.69, 9.17) is 0 Å². The van der Waals surface area contributed by atoms with Crippen LogP contribution in [-0.2, 0) is 4.79 Å². The van der Waals surface area contributed by atoms with Gasteiger partial charge in [-0.1, -0.05) is 27.7 Å². The largest absolute Gasteiger partial charge is 0.298 e. The van der Waals surface area contributed by atoms with Crippen LogP contribution in [0, 0.1) is 11.3 Å². The molecule has 1 heterocycles. The normalized spacial score (nSPS) is 37.9. The van der Waals surface area contributed by atoms with Crippen molar-refractivity contribution in [2.24, 2.45) is 11.3 Å². The van der Waals surface area contributed by atoms with Crippen LogP contribution in [0.4, 0.5) is 0 Å². The van der Waals surface area contributed by atoms with Gasteiger partial charge in [0.15, 0.2) is 5.78 Å². The first-order chi connectivity index (χ1) is 7.89. The smallest absolute Gasteiger partial charge is 0.154 e. The quantitative estimate of drug-likeness (QED) is 0.735. The van der Waals surface area contributed by atoms with Crippen LogP contribution in [0.5, 0.6) is 0 Å². The van der Waals surface area contributed by atoms with Gasteiger partial charge in [0.05, 0.1) is 5.54 Å². The Morgan fingerprint density at radius 1 is 1.35 bits per heavy atom.